The number of esters is 1. The number of hydrogen-bond donors (Lipinski definition) is 1. The molecule has 0 saturated heterocycles. The molecule has 1 atom stereocenters. The van der Waals surface area contributed by atoms with E-state index in [1.54, 1.807) is 0 Å². The smallest absolute Gasteiger partial charge is 0.307 e. The molecule has 1 unspecified atom stereocenters. The van der Waals surface area contributed by atoms with Crippen LogP contribution in [0.4, 0.5) is 8.78 Å². The van der Waals surface area contributed by atoms with E-state index >= 15 is 0 Å². The molecule has 1 aromatic carbocycles. The number of methoxy groups -OCH3 is 1. The highest BCUT2D eigenvalue weighted by Crippen LogP contribution is 2.11. The summed E-state index contributed by atoms with van der Waals surface area (Å²) in [6.07, 6.45) is 0.349. The van der Waals surface area contributed by atoms with Crippen molar-refractivity contribution in [2.75, 3.05) is 7.11 Å². The zero-order valence-electron chi connectivity index (χ0n) is 8.87. The lowest BCUT2D eigenvalue weighted by Gasteiger charge is -2.10. The number of ether oxygens (including phenoxy) is 1. The van der Waals surface area contributed by atoms with Gasteiger partial charge in [0.2, 0.25) is 0 Å². The van der Waals surface area contributed by atoms with Gasteiger partial charge in [0.15, 0.2) is 11.6 Å². The zero-order chi connectivity index (χ0) is 12.1. The average Bonchev–Trinajstić information content (AvgIpc) is 2.23. The Morgan fingerprint density at radius 2 is 2.12 bits per heavy atom. The van der Waals surface area contributed by atoms with Gasteiger partial charge in [-0.3, -0.25) is 4.79 Å². The number of rotatable bonds is 4. The summed E-state index contributed by atoms with van der Waals surface area (Å²) in [6, 6.07) is 3.09. The summed E-state index contributed by atoms with van der Waals surface area (Å²) in [5, 5.41) is 0. The zero-order valence-corrected chi connectivity index (χ0v) is 8.87. The highest BCUT2D eigenvalue weighted by molar-refractivity contribution is 5.69. The van der Waals surface area contributed by atoms with Gasteiger partial charge in [-0.2, -0.15) is 0 Å². The molecule has 0 saturated carbocycles. The fourth-order valence-electron chi connectivity index (χ4n) is 1.34. The summed E-state index contributed by atoms with van der Waals surface area (Å²) >= 11 is 0. The second-order valence-corrected chi connectivity index (χ2v) is 3.49. The van der Waals surface area contributed by atoms with Crippen molar-refractivity contribution in [1.29, 1.82) is 0 Å². The van der Waals surface area contributed by atoms with Crippen LogP contribution >= 0.6 is 0 Å². The molecular formula is C11H13F2NO2. The van der Waals surface area contributed by atoms with E-state index in [2.05, 4.69) is 4.74 Å². The summed E-state index contributed by atoms with van der Waals surface area (Å²) in [4.78, 5) is 10.9. The van der Waals surface area contributed by atoms with Gasteiger partial charge in [0.05, 0.1) is 13.5 Å². The van der Waals surface area contributed by atoms with Crippen LogP contribution in [0.1, 0.15) is 12.0 Å². The van der Waals surface area contributed by atoms with Crippen LogP contribution < -0.4 is 5.73 Å². The number of halogens is 2. The third-order valence-corrected chi connectivity index (χ3v) is 2.14. The minimum Gasteiger partial charge on any atom is -0.469 e. The van der Waals surface area contributed by atoms with Crippen LogP contribution in [0.25, 0.3) is 0 Å². The van der Waals surface area contributed by atoms with E-state index in [9.17, 15) is 13.6 Å². The molecule has 0 aliphatic rings. The number of carbonyl (C=O) groups excluding carboxylic acids is 1. The van der Waals surface area contributed by atoms with Gasteiger partial charge in [0, 0.05) is 6.04 Å². The fraction of sp³-hybridized carbons (Fsp3) is 0.364. The molecule has 1 aromatic rings. The van der Waals surface area contributed by atoms with Gasteiger partial charge in [-0.25, -0.2) is 8.78 Å². The third kappa shape index (κ3) is 3.58. The van der Waals surface area contributed by atoms with Crippen LogP contribution in [-0.2, 0) is 16.0 Å². The minimum atomic E-state index is -0.914. The fourth-order valence-corrected chi connectivity index (χ4v) is 1.34. The first kappa shape index (κ1) is 12.6. The highest BCUT2D eigenvalue weighted by Gasteiger charge is 2.11. The lowest BCUT2D eigenvalue weighted by molar-refractivity contribution is -0.140. The molecule has 3 nitrogen and oxygen atoms in total. The molecule has 0 aromatic heterocycles. The average molecular weight is 229 g/mol. The number of nitrogens with two attached hydrogens (primary N) is 1. The Morgan fingerprint density at radius 3 is 2.69 bits per heavy atom. The Labute approximate surface area is 92.2 Å². The van der Waals surface area contributed by atoms with Crippen molar-refractivity contribution in [2.45, 2.75) is 18.9 Å². The first-order chi connectivity index (χ1) is 7.52. The Kier molecular flexibility index (Phi) is 4.37. The van der Waals surface area contributed by atoms with Crippen molar-refractivity contribution in [3.05, 3.63) is 35.4 Å². The highest BCUT2D eigenvalue weighted by atomic mass is 19.2. The Morgan fingerprint density at radius 1 is 1.44 bits per heavy atom. The maximum absolute atomic E-state index is 12.9. The van der Waals surface area contributed by atoms with Crippen LogP contribution in [0.3, 0.4) is 0 Å². The lowest BCUT2D eigenvalue weighted by atomic mass is 10.0. The third-order valence-electron chi connectivity index (χ3n) is 2.14. The molecule has 16 heavy (non-hydrogen) atoms. The Hall–Kier alpha value is -1.49. The lowest BCUT2D eigenvalue weighted by Crippen LogP contribution is -2.26. The van der Waals surface area contributed by atoms with E-state index in [-0.39, 0.29) is 6.42 Å². The maximum atomic E-state index is 12.9. The van der Waals surface area contributed by atoms with Crippen molar-refractivity contribution in [2.24, 2.45) is 5.73 Å². The molecule has 88 valence electrons. The van der Waals surface area contributed by atoms with E-state index < -0.39 is 23.6 Å². The van der Waals surface area contributed by atoms with E-state index in [0.717, 1.165) is 12.1 Å². The molecule has 0 heterocycles. The van der Waals surface area contributed by atoms with E-state index in [4.69, 9.17) is 5.73 Å². The Balaban J connectivity index is 2.59. The van der Waals surface area contributed by atoms with E-state index in [0.29, 0.717) is 12.0 Å². The molecule has 0 bridgehead atoms. The van der Waals surface area contributed by atoms with Crippen LogP contribution in [0.5, 0.6) is 0 Å². The van der Waals surface area contributed by atoms with Gasteiger partial charge in [0.25, 0.3) is 0 Å². The SMILES string of the molecule is COC(=O)CC(N)Cc1ccc(F)c(F)c1. The van der Waals surface area contributed by atoms with Crippen molar-refractivity contribution >= 4 is 5.97 Å². The molecular weight excluding hydrogens is 216 g/mol. The number of benzene rings is 1. The van der Waals surface area contributed by atoms with E-state index in [1.807, 2.05) is 0 Å². The van der Waals surface area contributed by atoms with Crippen LogP contribution in [0.2, 0.25) is 0 Å². The largest absolute Gasteiger partial charge is 0.469 e. The van der Waals surface area contributed by atoms with Crippen molar-refractivity contribution in [3.8, 4) is 0 Å². The Bertz CT molecular complexity index is 382. The number of carbonyl (C=O) groups is 1. The molecule has 2 N–H and O–H groups in total. The summed E-state index contributed by atoms with van der Waals surface area (Å²) in [5.41, 5.74) is 6.20. The maximum Gasteiger partial charge on any atom is 0.307 e. The van der Waals surface area contributed by atoms with Crippen LogP contribution in [0, 0.1) is 11.6 Å². The molecule has 5 heteroatoms. The summed E-state index contributed by atoms with van der Waals surface area (Å²) in [5.74, 6) is -2.23. The van der Waals surface area contributed by atoms with Gasteiger partial charge >= 0.3 is 5.97 Å². The molecule has 0 spiro atoms. The number of hydrogen-bond acceptors (Lipinski definition) is 3. The monoisotopic (exact) mass is 229 g/mol. The first-order valence-corrected chi connectivity index (χ1v) is 4.79. The molecule has 0 aliphatic carbocycles. The molecule has 0 aliphatic heterocycles. The summed E-state index contributed by atoms with van der Waals surface area (Å²) in [7, 11) is 1.27. The summed E-state index contributed by atoms with van der Waals surface area (Å²) in [6.45, 7) is 0. The summed E-state index contributed by atoms with van der Waals surface area (Å²) < 4.78 is 29.9. The van der Waals surface area contributed by atoms with Gasteiger partial charge in [-0.15, -0.1) is 0 Å². The molecule has 0 radical (unpaired) electrons. The molecule has 1 rings (SSSR count). The second-order valence-electron chi connectivity index (χ2n) is 3.49. The molecule has 0 fully saturated rings. The van der Waals surface area contributed by atoms with Crippen LogP contribution in [-0.4, -0.2) is 19.1 Å². The van der Waals surface area contributed by atoms with Crippen LogP contribution in [0.15, 0.2) is 18.2 Å². The van der Waals surface area contributed by atoms with E-state index in [1.165, 1.54) is 13.2 Å². The molecule has 0 amide bonds. The second kappa shape index (κ2) is 5.55. The predicted octanol–water partition coefficient (Wildman–Crippen LogP) is 1.40. The van der Waals surface area contributed by atoms with Crippen molar-refractivity contribution in [1.82, 2.24) is 0 Å². The topological polar surface area (TPSA) is 52.3 Å². The van der Waals surface area contributed by atoms with Gasteiger partial charge in [-0.05, 0) is 24.1 Å². The standard InChI is InChI=1S/C11H13F2NO2/c1-16-11(15)6-8(14)4-7-2-3-9(12)10(13)5-7/h2-3,5,8H,4,6,14H2,1H3. The first-order valence-electron chi connectivity index (χ1n) is 4.79. The van der Waals surface area contributed by atoms with Gasteiger partial charge < -0.3 is 10.5 Å². The predicted molar refractivity (Wildman–Crippen MR) is 54.7 cm³/mol. The minimum absolute atomic E-state index is 0.0511. The van der Waals surface area contributed by atoms with Crippen molar-refractivity contribution in [3.63, 3.8) is 0 Å². The quantitative estimate of drug-likeness (QED) is 0.794. The van der Waals surface area contributed by atoms with Crippen molar-refractivity contribution < 1.29 is 18.3 Å². The normalized spacial score (nSPS) is 12.2. The van der Waals surface area contributed by atoms with Gasteiger partial charge in [0.1, 0.15) is 0 Å². The van der Waals surface area contributed by atoms with Gasteiger partial charge in [-0.1, -0.05) is 6.07 Å².